The third kappa shape index (κ3) is 5.21. The molecule has 12 heteroatoms. The molecule has 2 aliphatic heterocycles. The lowest BCUT2D eigenvalue weighted by Gasteiger charge is -2.39. The number of amides is 1. The van der Waals surface area contributed by atoms with E-state index >= 15 is 0 Å². The molecule has 4 aromatic rings. The van der Waals surface area contributed by atoms with Gasteiger partial charge in [-0.25, -0.2) is 9.78 Å². The molecule has 2 aromatic carbocycles. The molecule has 2 atom stereocenters. The van der Waals surface area contributed by atoms with Crippen molar-refractivity contribution in [3.05, 3.63) is 58.1 Å². The van der Waals surface area contributed by atoms with Crippen LogP contribution in [-0.4, -0.2) is 92.4 Å². The summed E-state index contributed by atoms with van der Waals surface area (Å²) >= 11 is 0. The third-order valence-corrected chi connectivity index (χ3v) is 8.61. The van der Waals surface area contributed by atoms with Gasteiger partial charge in [0.15, 0.2) is 11.3 Å². The van der Waals surface area contributed by atoms with Gasteiger partial charge in [0.05, 0.1) is 24.2 Å². The fourth-order valence-corrected chi connectivity index (χ4v) is 6.34. The zero-order valence-electron chi connectivity index (χ0n) is 24.5. The summed E-state index contributed by atoms with van der Waals surface area (Å²) in [6, 6.07) is 13.7. The van der Waals surface area contributed by atoms with Gasteiger partial charge in [-0.15, -0.1) is 0 Å². The molecule has 2 saturated heterocycles. The van der Waals surface area contributed by atoms with Crippen LogP contribution in [0.5, 0.6) is 6.01 Å². The zero-order valence-corrected chi connectivity index (χ0v) is 24.5. The zero-order chi connectivity index (χ0) is 30.2. The van der Waals surface area contributed by atoms with Crippen LogP contribution < -0.4 is 15.2 Å². The molecule has 2 unspecified atom stereocenters. The summed E-state index contributed by atoms with van der Waals surface area (Å²) in [5.41, 5.74) is 1.84. The summed E-state index contributed by atoms with van der Waals surface area (Å²) < 4.78 is 7.72. The summed E-state index contributed by atoms with van der Waals surface area (Å²) in [4.78, 5) is 45.8. The average Bonchev–Trinajstić information content (AvgIpc) is 3.40. The van der Waals surface area contributed by atoms with E-state index in [0.29, 0.717) is 36.0 Å². The van der Waals surface area contributed by atoms with Gasteiger partial charge >= 0.3 is 12.1 Å². The third-order valence-electron chi connectivity index (χ3n) is 8.61. The van der Waals surface area contributed by atoms with Crippen LogP contribution in [0, 0.1) is 25.2 Å². The number of nitriles is 1. The smallest absolute Gasteiger partial charge is 0.407 e. The Morgan fingerprint density at radius 1 is 1.07 bits per heavy atom. The summed E-state index contributed by atoms with van der Waals surface area (Å²) in [5, 5.41) is 21.1. The van der Waals surface area contributed by atoms with E-state index in [1.165, 1.54) is 4.90 Å². The van der Waals surface area contributed by atoms with E-state index < -0.39 is 12.1 Å². The minimum absolute atomic E-state index is 0.0306. The minimum Gasteiger partial charge on any atom is -0.465 e. The van der Waals surface area contributed by atoms with Crippen molar-refractivity contribution in [2.75, 3.05) is 44.7 Å². The Morgan fingerprint density at radius 2 is 1.86 bits per heavy atom. The number of benzene rings is 2. The Morgan fingerprint density at radius 3 is 2.58 bits per heavy atom. The molecule has 0 radical (unpaired) electrons. The molecule has 0 aliphatic carbocycles. The summed E-state index contributed by atoms with van der Waals surface area (Å²) in [6.45, 7) is 5.89. The van der Waals surface area contributed by atoms with Crippen LogP contribution in [0.25, 0.3) is 27.5 Å². The molecule has 2 aromatic heterocycles. The fraction of sp³-hybridized carbons (Fsp3) is 0.419. The molecule has 222 valence electrons. The Bertz CT molecular complexity index is 1810. The predicted molar refractivity (Wildman–Crippen MR) is 162 cm³/mol. The monoisotopic (exact) mass is 582 g/mol. The van der Waals surface area contributed by atoms with Gasteiger partial charge in [-0.05, 0) is 57.3 Å². The number of carboxylic acid groups (broad SMARTS) is 1. The van der Waals surface area contributed by atoms with Gasteiger partial charge in [0.1, 0.15) is 17.9 Å². The first-order valence-corrected chi connectivity index (χ1v) is 14.5. The quantitative estimate of drug-likeness (QED) is 0.359. The molecular weight excluding hydrogens is 548 g/mol. The first kappa shape index (κ1) is 28.4. The van der Waals surface area contributed by atoms with Gasteiger partial charge in [-0.3, -0.25) is 9.36 Å². The standard InChI is InChI=1S/C31H34N8O4/c1-19-7-4-8-21-9-5-11-24(25(19)21)39-20(2)33-26-27(29(39)40)34-30(43-18-23-10-6-14-36(23)3)35-28(26)37-15-16-38(31(41)42)22(17-37)12-13-32/h4-5,7-9,11,22-23H,6,10,12,14-18H2,1-3H3,(H,41,42). The van der Waals surface area contributed by atoms with Crippen LogP contribution in [0.3, 0.4) is 0 Å². The maximum atomic E-state index is 14.3. The van der Waals surface area contributed by atoms with Crippen molar-refractivity contribution in [2.24, 2.45) is 0 Å². The number of fused-ring (bicyclic) bond motifs is 2. The van der Waals surface area contributed by atoms with Crippen LogP contribution in [0.2, 0.25) is 0 Å². The van der Waals surface area contributed by atoms with Gasteiger partial charge < -0.3 is 24.5 Å². The van der Waals surface area contributed by atoms with Gasteiger partial charge in [-0.2, -0.15) is 15.2 Å². The molecule has 1 N–H and O–H groups in total. The molecule has 6 rings (SSSR count). The van der Waals surface area contributed by atoms with Crippen LogP contribution >= 0.6 is 0 Å². The summed E-state index contributed by atoms with van der Waals surface area (Å²) in [5.74, 6) is 0.867. The van der Waals surface area contributed by atoms with Crippen LogP contribution in [0.4, 0.5) is 10.6 Å². The van der Waals surface area contributed by atoms with Gasteiger partial charge in [0.2, 0.25) is 0 Å². The van der Waals surface area contributed by atoms with E-state index in [-0.39, 0.29) is 42.6 Å². The molecule has 2 fully saturated rings. The molecular formula is C31H34N8O4. The van der Waals surface area contributed by atoms with Gasteiger partial charge in [0, 0.05) is 31.1 Å². The maximum absolute atomic E-state index is 14.3. The van der Waals surface area contributed by atoms with Gasteiger partial charge in [0.25, 0.3) is 5.56 Å². The molecule has 43 heavy (non-hydrogen) atoms. The first-order chi connectivity index (χ1) is 20.8. The Hall–Kier alpha value is -4.76. The van der Waals surface area contributed by atoms with E-state index in [2.05, 4.69) is 23.0 Å². The Balaban J connectivity index is 1.51. The number of hydrogen-bond acceptors (Lipinski definition) is 9. The second-order valence-corrected chi connectivity index (χ2v) is 11.3. The minimum atomic E-state index is -1.07. The maximum Gasteiger partial charge on any atom is 0.407 e. The molecule has 1 amide bonds. The molecule has 4 heterocycles. The van der Waals surface area contributed by atoms with Crippen LogP contribution in [0.1, 0.15) is 30.7 Å². The number of piperazine rings is 1. The number of aromatic nitrogens is 4. The normalized spacial score (nSPS) is 19.2. The van der Waals surface area contributed by atoms with E-state index in [0.717, 1.165) is 35.7 Å². The van der Waals surface area contributed by atoms with Crippen molar-refractivity contribution in [3.8, 4) is 17.8 Å². The molecule has 0 bridgehead atoms. The second kappa shape index (κ2) is 11.5. The first-order valence-electron chi connectivity index (χ1n) is 14.5. The molecule has 12 nitrogen and oxygen atoms in total. The number of likely N-dealkylation sites (tertiary alicyclic amines) is 1. The highest BCUT2D eigenvalue weighted by molar-refractivity contribution is 5.94. The van der Waals surface area contributed by atoms with Crippen molar-refractivity contribution < 1.29 is 14.6 Å². The highest BCUT2D eigenvalue weighted by atomic mass is 16.5. The lowest BCUT2D eigenvalue weighted by molar-refractivity contribution is 0.119. The number of aryl methyl sites for hydroxylation is 2. The van der Waals surface area contributed by atoms with Crippen LogP contribution in [0.15, 0.2) is 41.2 Å². The number of ether oxygens (including phenoxy) is 1. The van der Waals surface area contributed by atoms with E-state index in [4.69, 9.17) is 14.7 Å². The topological polar surface area (TPSA) is 141 Å². The number of nitrogens with zero attached hydrogens (tertiary/aromatic N) is 8. The Kier molecular flexibility index (Phi) is 7.58. The van der Waals surface area contributed by atoms with E-state index in [1.54, 1.807) is 11.5 Å². The number of hydrogen-bond donors (Lipinski definition) is 1. The number of carbonyl (C=O) groups is 1. The Labute approximate surface area is 248 Å². The fourth-order valence-electron chi connectivity index (χ4n) is 6.34. The summed E-state index contributed by atoms with van der Waals surface area (Å²) in [7, 11) is 2.06. The second-order valence-electron chi connectivity index (χ2n) is 11.3. The predicted octanol–water partition coefficient (Wildman–Crippen LogP) is 3.50. The highest BCUT2D eigenvalue weighted by Gasteiger charge is 2.33. The average molecular weight is 583 g/mol. The van der Waals surface area contributed by atoms with Crippen molar-refractivity contribution in [3.63, 3.8) is 0 Å². The van der Waals surface area contributed by atoms with Crippen LogP contribution in [-0.2, 0) is 0 Å². The van der Waals surface area contributed by atoms with Gasteiger partial charge in [-0.1, -0.05) is 30.3 Å². The largest absolute Gasteiger partial charge is 0.465 e. The molecule has 0 saturated carbocycles. The van der Waals surface area contributed by atoms with Crippen molar-refractivity contribution >= 4 is 33.7 Å². The lowest BCUT2D eigenvalue weighted by Crippen LogP contribution is -2.55. The number of likely N-dealkylation sites (N-methyl/N-ethyl adjacent to an activating group) is 1. The summed E-state index contributed by atoms with van der Waals surface area (Å²) in [6.07, 6.45) is 1.04. The van der Waals surface area contributed by atoms with Crippen molar-refractivity contribution in [1.29, 1.82) is 5.26 Å². The molecule has 0 spiro atoms. The number of rotatable bonds is 6. The molecule has 2 aliphatic rings. The van der Waals surface area contributed by atoms with E-state index in [1.807, 2.05) is 48.2 Å². The SMILES string of the molecule is Cc1cccc2cccc(-n3c(C)nc4c(N5CCN(C(=O)O)C(CC#N)C5)nc(OCC5CCCN5C)nc4c3=O)c12. The van der Waals surface area contributed by atoms with Crippen molar-refractivity contribution in [2.45, 2.75) is 45.2 Å². The van der Waals surface area contributed by atoms with Crippen molar-refractivity contribution in [1.82, 2.24) is 29.3 Å². The number of anilines is 1. The highest BCUT2D eigenvalue weighted by Crippen LogP contribution is 2.30. The lowest BCUT2D eigenvalue weighted by atomic mass is 10.0. The van der Waals surface area contributed by atoms with E-state index in [9.17, 15) is 20.0 Å².